The molecule has 1 aromatic rings. The van der Waals surface area contributed by atoms with Gasteiger partial charge in [0.2, 0.25) is 0 Å². The zero-order valence-corrected chi connectivity index (χ0v) is 8.76. The molecule has 76 valence electrons. The highest BCUT2D eigenvalue weighted by Gasteiger charge is 2.18. The minimum Gasteiger partial charge on any atom is -0.381 e. The molecule has 1 unspecified atom stereocenters. The molecule has 0 spiro atoms. The molecule has 3 nitrogen and oxygen atoms in total. The first kappa shape index (κ1) is 9.80. The van der Waals surface area contributed by atoms with Gasteiger partial charge in [-0.05, 0) is 12.8 Å². The molecule has 1 fully saturated rings. The number of carbonyl (C=O) groups excluding carboxylic acids is 1. The third kappa shape index (κ3) is 2.19. The van der Waals surface area contributed by atoms with E-state index < -0.39 is 0 Å². The fourth-order valence-electron chi connectivity index (χ4n) is 1.62. The van der Waals surface area contributed by atoms with Crippen molar-refractivity contribution in [3.63, 3.8) is 0 Å². The summed E-state index contributed by atoms with van der Waals surface area (Å²) in [6, 6.07) is 0. The molecule has 1 aliphatic rings. The average molecular weight is 211 g/mol. The summed E-state index contributed by atoms with van der Waals surface area (Å²) in [7, 11) is 0. The quantitative estimate of drug-likeness (QED) is 0.715. The van der Waals surface area contributed by atoms with Crippen LogP contribution in [0.1, 0.15) is 28.6 Å². The zero-order chi connectivity index (χ0) is 9.80. The lowest BCUT2D eigenvalue weighted by molar-refractivity contribution is -0.107. The van der Waals surface area contributed by atoms with Gasteiger partial charge in [0.15, 0.2) is 0 Å². The maximum atomic E-state index is 10.3. The molecule has 0 N–H and O–H groups in total. The van der Waals surface area contributed by atoms with Crippen LogP contribution in [-0.2, 0) is 16.0 Å². The highest BCUT2D eigenvalue weighted by Crippen LogP contribution is 2.28. The summed E-state index contributed by atoms with van der Waals surface area (Å²) >= 11 is 1.64. The predicted octanol–water partition coefficient (Wildman–Crippen LogP) is 1.78. The average Bonchev–Trinajstić information content (AvgIpc) is 2.68. The van der Waals surface area contributed by atoms with Crippen LogP contribution in [0.2, 0.25) is 0 Å². The summed E-state index contributed by atoms with van der Waals surface area (Å²) in [6.45, 7) is 1.66. The van der Waals surface area contributed by atoms with Gasteiger partial charge in [0, 0.05) is 30.0 Å². The number of hydrogen-bond acceptors (Lipinski definition) is 4. The number of carbonyl (C=O) groups is 1. The number of ether oxygens (including phenoxy) is 1. The molecule has 0 amide bonds. The monoisotopic (exact) mass is 211 g/mol. The van der Waals surface area contributed by atoms with Crippen LogP contribution >= 0.6 is 11.3 Å². The normalized spacial score (nSPS) is 22.1. The molecule has 14 heavy (non-hydrogen) atoms. The van der Waals surface area contributed by atoms with E-state index in [4.69, 9.17) is 4.74 Å². The second-order valence-corrected chi connectivity index (χ2v) is 4.60. The lowest BCUT2D eigenvalue weighted by Crippen LogP contribution is -2.15. The van der Waals surface area contributed by atoms with Crippen LogP contribution in [0.25, 0.3) is 0 Å². The fourth-order valence-corrected chi connectivity index (χ4v) is 2.61. The molecular formula is C10H13NO2S. The van der Waals surface area contributed by atoms with Crippen LogP contribution < -0.4 is 0 Å². The number of thiazole rings is 1. The van der Waals surface area contributed by atoms with Crippen LogP contribution in [0, 0.1) is 0 Å². The summed E-state index contributed by atoms with van der Waals surface area (Å²) in [4.78, 5) is 15.7. The molecule has 2 rings (SSSR count). The van der Waals surface area contributed by atoms with Gasteiger partial charge >= 0.3 is 0 Å². The Morgan fingerprint density at radius 1 is 1.71 bits per heavy atom. The third-order valence-electron chi connectivity index (χ3n) is 2.37. The number of aldehydes is 1. The lowest BCUT2D eigenvalue weighted by Gasteiger charge is -2.19. The maximum Gasteiger partial charge on any atom is 0.125 e. The first-order valence-electron chi connectivity index (χ1n) is 4.86. The molecule has 0 aromatic carbocycles. The Balaban J connectivity index is 2.03. The minimum absolute atomic E-state index is 0.453. The molecule has 1 aliphatic heterocycles. The van der Waals surface area contributed by atoms with E-state index in [1.165, 1.54) is 0 Å². The van der Waals surface area contributed by atoms with Crippen molar-refractivity contribution in [2.45, 2.75) is 25.2 Å². The molecule has 0 saturated carbocycles. The van der Waals surface area contributed by atoms with E-state index in [2.05, 4.69) is 4.98 Å². The molecule has 0 bridgehead atoms. The van der Waals surface area contributed by atoms with Crippen molar-refractivity contribution in [2.75, 3.05) is 13.2 Å². The Bertz CT molecular complexity index is 305. The second-order valence-electron chi connectivity index (χ2n) is 3.45. The minimum atomic E-state index is 0.453. The van der Waals surface area contributed by atoms with E-state index in [0.717, 1.165) is 42.2 Å². The highest BCUT2D eigenvalue weighted by atomic mass is 32.1. The van der Waals surface area contributed by atoms with E-state index in [1.807, 2.05) is 6.20 Å². The van der Waals surface area contributed by atoms with E-state index >= 15 is 0 Å². The molecule has 0 radical (unpaired) electrons. The predicted molar refractivity (Wildman–Crippen MR) is 54.7 cm³/mol. The van der Waals surface area contributed by atoms with E-state index in [1.54, 1.807) is 11.3 Å². The smallest absolute Gasteiger partial charge is 0.125 e. The van der Waals surface area contributed by atoms with E-state index in [-0.39, 0.29) is 0 Å². The van der Waals surface area contributed by atoms with Gasteiger partial charge in [0.05, 0.1) is 11.6 Å². The summed E-state index contributed by atoms with van der Waals surface area (Å²) in [5, 5.41) is 1.13. The largest absolute Gasteiger partial charge is 0.381 e. The maximum absolute atomic E-state index is 10.3. The molecule has 1 atom stereocenters. The Morgan fingerprint density at radius 2 is 2.64 bits per heavy atom. The van der Waals surface area contributed by atoms with Gasteiger partial charge in [-0.3, -0.25) is 0 Å². The molecule has 0 aliphatic carbocycles. The topological polar surface area (TPSA) is 39.2 Å². The Kier molecular flexibility index (Phi) is 3.26. The van der Waals surface area contributed by atoms with Crippen LogP contribution in [0.5, 0.6) is 0 Å². The first-order chi connectivity index (χ1) is 6.90. The van der Waals surface area contributed by atoms with Gasteiger partial charge in [-0.15, -0.1) is 11.3 Å². The van der Waals surface area contributed by atoms with Crippen molar-refractivity contribution < 1.29 is 9.53 Å². The Morgan fingerprint density at radius 3 is 3.36 bits per heavy atom. The summed E-state index contributed by atoms with van der Waals surface area (Å²) in [5.74, 6) is 0.453. The number of hydrogen-bond donors (Lipinski definition) is 0. The lowest BCUT2D eigenvalue weighted by atomic mass is 10.0. The van der Waals surface area contributed by atoms with Crippen LogP contribution in [-0.4, -0.2) is 24.5 Å². The summed E-state index contributed by atoms with van der Waals surface area (Å²) in [6.07, 6.45) is 5.50. The van der Waals surface area contributed by atoms with Crippen LogP contribution in [0.3, 0.4) is 0 Å². The SMILES string of the molecule is O=CCc1cnc(C2CCCOC2)s1. The zero-order valence-electron chi connectivity index (χ0n) is 7.94. The molecular weight excluding hydrogens is 198 g/mol. The standard InChI is InChI=1S/C10H13NO2S/c12-4-3-9-6-11-10(14-9)8-2-1-5-13-7-8/h4,6,8H,1-3,5,7H2. The van der Waals surface area contributed by atoms with Gasteiger partial charge < -0.3 is 9.53 Å². The van der Waals surface area contributed by atoms with Crippen molar-refractivity contribution in [2.24, 2.45) is 0 Å². The highest BCUT2D eigenvalue weighted by molar-refractivity contribution is 7.11. The van der Waals surface area contributed by atoms with Gasteiger partial charge in [-0.25, -0.2) is 4.98 Å². The van der Waals surface area contributed by atoms with Gasteiger partial charge in [0.1, 0.15) is 6.29 Å². The molecule has 1 saturated heterocycles. The Hall–Kier alpha value is -0.740. The summed E-state index contributed by atoms with van der Waals surface area (Å²) in [5.41, 5.74) is 0. The van der Waals surface area contributed by atoms with E-state index in [9.17, 15) is 4.79 Å². The van der Waals surface area contributed by atoms with Crippen molar-refractivity contribution >= 4 is 17.6 Å². The number of aromatic nitrogens is 1. The third-order valence-corrected chi connectivity index (χ3v) is 3.55. The van der Waals surface area contributed by atoms with Crippen molar-refractivity contribution in [3.05, 3.63) is 16.1 Å². The van der Waals surface area contributed by atoms with Gasteiger partial charge in [-0.2, -0.15) is 0 Å². The number of nitrogens with zero attached hydrogens (tertiary/aromatic N) is 1. The fraction of sp³-hybridized carbons (Fsp3) is 0.600. The summed E-state index contributed by atoms with van der Waals surface area (Å²) < 4.78 is 5.40. The van der Waals surface area contributed by atoms with Crippen molar-refractivity contribution in [3.8, 4) is 0 Å². The van der Waals surface area contributed by atoms with Crippen LogP contribution in [0.15, 0.2) is 6.20 Å². The van der Waals surface area contributed by atoms with Crippen molar-refractivity contribution in [1.82, 2.24) is 4.98 Å². The van der Waals surface area contributed by atoms with Crippen LogP contribution in [0.4, 0.5) is 0 Å². The Labute approximate surface area is 87.1 Å². The number of rotatable bonds is 3. The molecule has 4 heteroatoms. The first-order valence-corrected chi connectivity index (χ1v) is 5.68. The van der Waals surface area contributed by atoms with Crippen molar-refractivity contribution in [1.29, 1.82) is 0 Å². The molecule has 2 heterocycles. The molecule has 1 aromatic heterocycles. The van der Waals surface area contributed by atoms with Gasteiger partial charge in [-0.1, -0.05) is 0 Å². The second kappa shape index (κ2) is 4.66. The van der Waals surface area contributed by atoms with E-state index in [0.29, 0.717) is 12.3 Å². The van der Waals surface area contributed by atoms with Gasteiger partial charge in [0.25, 0.3) is 0 Å².